The molecule has 0 spiro atoms. The van der Waals surface area contributed by atoms with Gasteiger partial charge < -0.3 is 15.5 Å². The van der Waals surface area contributed by atoms with Gasteiger partial charge >= 0.3 is 6.03 Å². The molecule has 2 N–H and O–H groups in total. The van der Waals surface area contributed by atoms with Crippen molar-refractivity contribution in [3.63, 3.8) is 0 Å². The first-order valence-corrected chi connectivity index (χ1v) is 8.28. The molecule has 1 fully saturated rings. The highest BCUT2D eigenvalue weighted by atomic mass is 32.1. The van der Waals surface area contributed by atoms with Crippen LogP contribution < -0.4 is 15.5 Å². The average Bonchev–Trinajstić information content (AvgIpc) is 3.18. The highest BCUT2D eigenvalue weighted by molar-refractivity contribution is 7.13. The van der Waals surface area contributed by atoms with Gasteiger partial charge in [-0.1, -0.05) is 6.07 Å². The van der Waals surface area contributed by atoms with Gasteiger partial charge in [0.15, 0.2) is 5.13 Å². The number of aromatic nitrogens is 1. The van der Waals surface area contributed by atoms with Crippen LogP contribution in [0, 0.1) is 0 Å². The van der Waals surface area contributed by atoms with E-state index in [4.69, 9.17) is 0 Å². The third-order valence-corrected chi connectivity index (χ3v) is 4.93. The highest BCUT2D eigenvalue weighted by Crippen LogP contribution is 2.22. The Morgan fingerprint density at radius 3 is 3.15 bits per heavy atom. The minimum Gasteiger partial charge on any atom is -0.346 e. The molecular formula is C13H16N4OS2. The summed E-state index contributed by atoms with van der Waals surface area (Å²) in [4.78, 5) is 19.5. The summed E-state index contributed by atoms with van der Waals surface area (Å²) < 4.78 is 0. The number of thiazole rings is 1. The third-order valence-electron chi connectivity index (χ3n) is 3.22. The van der Waals surface area contributed by atoms with Gasteiger partial charge in [-0.15, -0.1) is 22.7 Å². The number of carbonyl (C=O) groups is 1. The van der Waals surface area contributed by atoms with Crippen LogP contribution >= 0.6 is 22.7 Å². The molecule has 0 aliphatic carbocycles. The lowest BCUT2D eigenvalue weighted by atomic mass is 10.3. The predicted octanol–water partition coefficient (Wildman–Crippen LogP) is 2.28. The predicted molar refractivity (Wildman–Crippen MR) is 82.4 cm³/mol. The number of hydrogen-bond acceptors (Lipinski definition) is 5. The van der Waals surface area contributed by atoms with E-state index >= 15 is 0 Å². The Morgan fingerprint density at radius 2 is 2.40 bits per heavy atom. The van der Waals surface area contributed by atoms with Crippen LogP contribution in [0.5, 0.6) is 0 Å². The molecular weight excluding hydrogens is 292 g/mol. The van der Waals surface area contributed by atoms with Gasteiger partial charge in [0.25, 0.3) is 0 Å². The molecule has 1 aliphatic heterocycles. The summed E-state index contributed by atoms with van der Waals surface area (Å²) in [6, 6.07) is 4.11. The van der Waals surface area contributed by atoms with Crippen molar-refractivity contribution in [3.8, 4) is 0 Å². The molecule has 1 unspecified atom stereocenters. The summed E-state index contributed by atoms with van der Waals surface area (Å²) in [6.07, 6.45) is 2.78. The van der Waals surface area contributed by atoms with Crippen LogP contribution in [0.3, 0.4) is 0 Å². The Balaban J connectivity index is 1.43. The SMILES string of the molecule is O=C(NCc1cccs1)NC1CCN(c2nccs2)C1. The van der Waals surface area contributed by atoms with E-state index in [1.807, 2.05) is 29.1 Å². The fraction of sp³-hybridized carbons (Fsp3) is 0.385. The lowest BCUT2D eigenvalue weighted by molar-refractivity contribution is 0.237. The minimum atomic E-state index is -0.0932. The molecule has 2 aromatic heterocycles. The first-order chi connectivity index (χ1) is 9.81. The van der Waals surface area contributed by atoms with Crippen LogP contribution in [0.15, 0.2) is 29.1 Å². The number of rotatable bonds is 4. The number of anilines is 1. The molecule has 1 atom stereocenters. The van der Waals surface area contributed by atoms with E-state index in [0.717, 1.165) is 29.5 Å². The van der Waals surface area contributed by atoms with Gasteiger partial charge in [-0.3, -0.25) is 0 Å². The molecule has 3 rings (SSSR count). The summed E-state index contributed by atoms with van der Waals surface area (Å²) >= 11 is 3.29. The molecule has 0 radical (unpaired) electrons. The fourth-order valence-electron chi connectivity index (χ4n) is 2.24. The minimum absolute atomic E-state index is 0.0932. The molecule has 3 heterocycles. The second kappa shape index (κ2) is 6.23. The zero-order valence-electron chi connectivity index (χ0n) is 10.9. The molecule has 2 amide bonds. The van der Waals surface area contributed by atoms with E-state index in [1.165, 1.54) is 0 Å². The molecule has 0 saturated carbocycles. The van der Waals surface area contributed by atoms with E-state index < -0.39 is 0 Å². The summed E-state index contributed by atoms with van der Waals surface area (Å²) in [6.45, 7) is 2.37. The largest absolute Gasteiger partial charge is 0.346 e. The lowest BCUT2D eigenvalue weighted by Crippen LogP contribution is -2.43. The van der Waals surface area contributed by atoms with E-state index in [-0.39, 0.29) is 12.1 Å². The summed E-state index contributed by atoms with van der Waals surface area (Å²) in [5, 5.41) is 10.9. The first-order valence-electron chi connectivity index (χ1n) is 6.52. The number of nitrogens with zero attached hydrogens (tertiary/aromatic N) is 2. The van der Waals surface area contributed by atoms with Gasteiger partial charge in [-0.05, 0) is 17.9 Å². The van der Waals surface area contributed by atoms with E-state index in [1.54, 1.807) is 22.7 Å². The second-order valence-corrected chi connectivity index (χ2v) is 6.56. The van der Waals surface area contributed by atoms with Crippen molar-refractivity contribution in [2.24, 2.45) is 0 Å². The number of urea groups is 1. The third kappa shape index (κ3) is 3.29. The second-order valence-electron chi connectivity index (χ2n) is 4.65. The number of amides is 2. The van der Waals surface area contributed by atoms with Gasteiger partial charge in [0.1, 0.15) is 0 Å². The molecule has 1 saturated heterocycles. The smallest absolute Gasteiger partial charge is 0.315 e. The van der Waals surface area contributed by atoms with E-state index in [2.05, 4.69) is 20.5 Å². The van der Waals surface area contributed by atoms with Crippen LogP contribution in [-0.2, 0) is 6.54 Å². The molecule has 7 heteroatoms. The molecule has 0 bridgehead atoms. The van der Waals surface area contributed by atoms with Crippen LogP contribution in [0.2, 0.25) is 0 Å². The van der Waals surface area contributed by atoms with Gasteiger partial charge in [-0.2, -0.15) is 0 Å². The number of hydrogen-bond donors (Lipinski definition) is 2. The fourth-order valence-corrected chi connectivity index (χ4v) is 3.57. The zero-order valence-corrected chi connectivity index (χ0v) is 12.5. The number of thiophene rings is 1. The quantitative estimate of drug-likeness (QED) is 0.911. The molecule has 5 nitrogen and oxygen atoms in total. The van der Waals surface area contributed by atoms with Crippen molar-refractivity contribution in [2.45, 2.75) is 19.0 Å². The molecule has 106 valence electrons. The molecule has 2 aromatic rings. The monoisotopic (exact) mass is 308 g/mol. The topological polar surface area (TPSA) is 57.3 Å². The van der Waals surface area contributed by atoms with Crippen molar-refractivity contribution in [1.29, 1.82) is 0 Å². The van der Waals surface area contributed by atoms with Crippen molar-refractivity contribution in [1.82, 2.24) is 15.6 Å². The maximum atomic E-state index is 11.8. The van der Waals surface area contributed by atoms with Gasteiger partial charge in [0.05, 0.1) is 6.54 Å². The van der Waals surface area contributed by atoms with Crippen molar-refractivity contribution < 1.29 is 4.79 Å². The van der Waals surface area contributed by atoms with E-state index in [0.29, 0.717) is 6.54 Å². The van der Waals surface area contributed by atoms with Crippen molar-refractivity contribution in [3.05, 3.63) is 34.0 Å². The maximum Gasteiger partial charge on any atom is 0.315 e. The average molecular weight is 308 g/mol. The Hall–Kier alpha value is -1.60. The van der Waals surface area contributed by atoms with Crippen LogP contribution in [-0.4, -0.2) is 30.1 Å². The summed E-state index contributed by atoms with van der Waals surface area (Å²) in [5.74, 6) is 0. The summed E-state index contributed by atoms with van der Waals surface area (Å²) in [5.41, 5.74) is 0. The van der Waals surface area contributed by atoms with Gasteiger partial charge in [0.2, 0.25) is 0 Å². The van der Waals surface area contributed by atoms with Gasteiger partial charge in [0, 0.05) is 35.6 Å². The zero-order chi connectivity index (χ0) is 13.8. The van der Waals surface area contributed by atoms with Crippen LogP contribution in [0.25, 0.3) is 0 Å². The molecule has 0 aromatic carbocycles. The van der Waals surface area contributed by atoms with Crippen molar-refractivity contribution >= 4 is 33.8 Å². The number of nitrogens with one attached hydrogen (secondary N) is 2. The Bertz CT molecular complexity index is 541. The van der Waals surface area contributed by atoms with Crippen molar-refractivity contribution in [2.75, 3.05) is 18.0 Å². The maximum absolute atomic E-state index is 11.8. The molecule has 20 heavy (non-hydrogen) atoms. The van der Waals surface area contributed by atoms with Crippen LogP contribution in [0.4, 0.5) is 9.93 Å². The standard InChI is InChI=1S/C13H16N4OS2/c18-12(15-8-11-2-1-6-19-11)16-10-3-5-17(9-10)13-14-4-7-20-13/h1-2,4,6-7,10H,3,5,8-9H2,(H2,15,16,18). The molecule has 1 aliphatic rings. The van der Waals surface area contributed by atoms with Gasteiger partial charge in [-0.25, -0.2) is 9.78 Å². The lowest BCUT2D eigenvalue weighted by Gasteiger charge is -2.16. The highest BCUT2D eigenvalue weighted by Gasteiger charge is 2.25. The normalized spacial score (nSPS) is 18.2. The Labute approximate surface area is 125 Å². The Morgan fingerprint density at radius 1 is 1.45 bits per heavy atom. The van der Waals surface area contributed by atoms with E-state index in [9.17, 15) is 4.79 Å². The number of carbonyl (C=O) groups excluding carboxylic acids is 1. The Kier molecular flexibility index (Phi) is 4.17. The summed E-state index contributed by atoms with van der Waals surface area (Å²) in [7, 11) is 0. The van der Waals surface area contributed by atoms with Crippen LogP contribution in [0.1, 0.15) is 11.3 Å². The first kappa shape index (κ1) is 13.4.